The van der Waals surface area contributed by atoms with Crippen molar-refractivity contribution in [2.75, 3.05) is 32.1 Å². The van der Waals surface area contributed by atoms with E-state index in [1.54, 1.807) is 6.07 Å². The highest BCUT2D eigenvalue weighted by molar-refractivity contribution is 6.33. The Balaban J connectivity index is 2.23. The number of benzene rings is 1. The molecule has 0 amide bonds. The predicted molar refractivity (Wildman–Crippen MR) is 81.4 cm³/mol. The molecule has 2 rings (SSSR count). The third kappa shape index (κ3) is 3.19. The number of rotatable bonds is 4. The van der Waals surface area contributed by atoms with E-state index in [2.05, 4.69) is 23.9 Å². The molecule has 0 radical (unpaired) electrons. The van der Waals surface area contributed by atoms with Crippen LogP contribution in [-0.4, -0.2) is 44.0 Å². The zero-order valence-corrected chi connectivity index (χ0v) is 12.2. The Morgan fingerprint density at radius 2 is 2.26 bits per heavy atom. The molecule has 1 aromatic carbocycles. The van der Waals surface area contributed by atoms with Crippen LogP contribution in [0.25, 0.3) is 0 Å². The van der Waals surface area contributed by atoms with Crippen LogP contribution in [0.15, 0.2) is 18.2 Å². The molecule has 1 aromatic rings. The molecule has 0 saturated carbocycles. The van der Waals surface area contributed by atoms with E-state index in [0.29, 0.717) is 16.6 Å². The second-order valence-corrected chi connectivity index (χ2v) is 5.74. The summed E-state index contributed by atoms with van der Waals surface area (Å²) in [5, 5.41) is 8.12. The predicted octanol–water partition coefficient (Wildman–Crippen LogP) is 2.15. The number of nitrogen functional groups attached to an aromatic ring is 1. The Morgan fingerprint density at radius 3 is 2.84 bits per heavy atom. The maximum Gasteiger partial charge on any atom is 0.122 e. The molecule has 1 aliphatic heterocycles. The van der Waals surface area contributed by atoms with Crippen LogP contribution < -0.4 is 10.6 Å². The van der Waals surface area contributed by atoms with E-state index >= 15 is 0 Å². The van der Waals surface area contributed by atoms with Crippen molar-refractivity contribution in [1.29, 1.82) is 5.41 Å². The van der Waals surface area contributed by atoms with Gasteiger partial charge in [-0.1, -0.05) is 11.6 Å². The minimum Gasteiger partial charge on any atom is -0.384 e. The molecule has 1 fully saturated rings. The van der Waals surface area contributed by atoms with Gasteiger partial charge in [-0.2, -0.15) is 0 Å². The molecule has 0 bridgehead atoms. The monoisotopic (exact) mass is 280 g/mol. The lowest BCUT2D eigenvalue weighted by Crippen LogP contribution is -2.37. The topological polar surface area (TPSA) is 56.4 Å². The fourth-order valence-corrected chi connectivity index (χ4v) is 2.96. The number of nitrogens with two attached hydrogens (primary N) is 1. The van der Waals surface area contributed by atoms with Crippen LogP contribution in [0.2, 0.25) is 5.02 Å². The molecule has 104 valence electrons. The first-order valence-electron chi connectivity index (χ1n) is 6.54. The van der Waals surface area contributed by atoms with Crippen molar-refractivity contribution in [1.82, 2.24) is 4.90 Å². The summed E-state index contributed by atoms with van der Waals surface area (Å²) < 4.78 is 0. The van der Waals surface area contributed by atoms with E-state index in [1.165, 1.54) is 12.8 Å². The van der Waals surface area contributed by atoms with Crippen LogP contribution in [0, 0.1) is 5.41 Å². The first-order valence-corrected chi connectivity index (χ1v) is 6.92. The number of hydrogen-bond acceptors (Lipinski definition) is 3. The second kappa shape index (κ2) is 5.80. The number of nitrogens with one attached hydrogen (secondary N) is 1. The van der Waals surface area contributed by atoms with E-state index in [4.69, 9.17) is 22.7 Å². The van der Waals surface area contributed by atoms with Crippen molar-refractivity contribution in [3.63, 3.8) is 0 Å². The maximum atomic E-state index is 7.44. The Morgan fingerprint density at radius 1 is 1.53 bits per heavy atom. The van der Waals surface area contributed by atoms with Gasteiger partial charge in [0.1, 0.15) is 5.84 Å². The molecular formula is C14H21ClN4. The summed E-state index contributed by atoms with van der Waals surface area (Å²) >= 11 is 6.35. The first kappa shape index (κ1) is 14.2. The molecule has 4 nitrogen and oxygen atoms in total. The maximum absolute atomic E-state index is 7.44. The number of amidine groups is 1. The average molecular weight is 281 g/mol. The molecule has 1 heterocycles. The highest BCUT2D eigenvalue weighted by atomic mass is 35.5. The molecule has 1 unspecified atom stereocenters. The number of likely N-dealkylation sites (N-methyl/N-ethyl adjacent to an activating group) is 1. The zero-order valence-electron chi connectivity index (χ0n) is 11.5. The molecule has 1 saturated heterocycles. The molecule has 19 heavy (non-hydrogen) atoms. The average Bonchev–Trinajstić information content (AvgIpc) is 2.75. The fraction of sp³-hybridized carbons (Fsp3) is 0.500. The summed E-state index contributed by atoms with van der Waals surface area (Å²) in [5.41, 5.74) is 7.21. The first-order chi connectivity index (χ1) is 8.99. The third-order valence-electron chi connectivity index (χ3n) is 3.52. The van der Waals surface area contributed by atoms with Crippen molar-refractivity contribution in [2.24, 2.45) is 5.73 Å². The van der Waals surface area contributed by atoms with Crippen molar-refractivity contribution in [3.05, 3.63) is 28.8 Å². The highest BCUT2D eigenvalue weighted by Crippen LogP contribution is 2.32. The largest absolute Gasteiger partial charge is 0.384 e. The molecule has 5 heteroatoms. The lowest BCUT2D eigenvalue weighted by atomic mass is 10.1. The molecule has 1 atom stereocenters. The normalized spacial score (nSPS) is 19.2. The Hall–Kier alpha value is -1.26. The summed E-state index contributed by atoms with van der Waals surface area (Å²) in [6.07, 6.45) is 2.40. The lowest BCUT2D eigenvalue weighted by molar-refractivity contribution is 0.372. The van der Waals surface area contributed by atoms with Gasteiger partial charge in [0.05, 0.1) is 10.7 Å². The van der Waals surface area contributed by atoms with E-state index in [-0.39, 0.29) is 5.84 Å². The second-order valence-electron chi connectivity index (χ2n) is 5.33. The van der Waals surface area contributed by atoms with Crippen molar-refractivity contribution in [2.45, 2.75) is 18.9 Å². The van der Waals surface area contributed by atoms with Crippen molar-refractivity contribution < 1.29 is 0 Å². The van der Waals surface area contributed by atoms with Crippen LogP contribution in [0.3, 0.4) is 0 Å². The fourth-order valence-electron chi connectivity index (χ4n) is 2.67. The standard InChI is InChI=1S/C14H21ClN4/c1-18(2)9-11-4-3-7-19(11)13-6-5-10(14(16)17)8-12(13)15/h5-6,8,11H,3-4,7,9H2,1-2H3,(H3,16,17). The SMILES string of the molecule is CN(C)CC1CCCN1c1ccc(C(=N)N)cc1Cl. The van der Waals surface area contributed by atoms with E-state index in [9.17, 15) is 0 Å². The van der Waals surface area contributed by atoms with Crippen LogP contribution >= 0.6 is 11.6 Å². The van der Waals surface area contributed by atoms with Gasteiger partial charge in [0.2, 0.25) is 0 Å². The van der Waals surface area contributed by atoms with Gasteiger partial charge < -0.3 is 15.5 Å². The summed E-state index contributed by atoms with van der Waals surface area (Å²) in [5.74, 6) is 0.0553. The number of halogens is 1. The molecular weight excluding hydrogens is 260 g/mol. The van der Waals surface area contributed by atoms with Gasteiger partial charge in [0.25, 0.3) is 0 Å². The van der Waals surface area contributed by atoms with E-state index < -0.39 is 0 Å². The quantitative estimate of drug-likeness (QED) is 0.656. The number of nitrogens with zero attached hydrogens (tertiary/aromatic N) is 2. The Bertz CT molecular complexity index is 473. The third-order valence-corrected chi connectivity index (χ3v) is 3.82. The number of anilines is 1. The summed E-state index contributed by atoms with van der Waals surface area (Å²) in [4.78, 5) is 4.58. The molecule has 1 aliphatic rings. The van der Waals surface area contributed by atoms with E-state index in [1.807, 2.05) is 12.1 Å². The highest BCUT2D eigenvalue weighted by Gasteiger charge is 2.26. The molecule has 0 aromatic heterocycles. The van der Waals surface area contributed by atoms with Gasteiger partial charge in [-0.3, -0.25) is 5.41 Å². The van der Waals surface area contributed by atoms with Gasteiger partial charge in [-0.15, -0.1) is 0 Å². The number of hydrogen-bond donors (Lipinski definition) is 2. The smallest absolute Gasteiger partial charge is 0.122 e. The Labute approximate surface area is 119 Å². The van der Waals surface area contributed by atoms with Gasteiger partial charge in [-0.05, 0) is 45.1 Å². The minimum absolute atomic E-state index is 0.0553. The van der Waals surface area contributed by atoms with Crippen LogP contribution in [-0.2, 0) is 0 Å². The summed E-state index contributed by atoms with van der Waals surface area (Å²) in [7, 11) is 4.19. The van der Waals surface area contributed by atoms with Crippen molar-refractivity contribution in [3.8, 4) is 0 Å². The zero-order chi connectivity index (χ0) is 14.0. The van der Waals surface area contributed by atoms with Crippen LogP contribution in [0.5, 0.6) is 0 Å². The van der Waals surface area contributed by atoms with Gasteiger partial charge in [0.15, 0.2) is 0 Å². The van der Waals surface area contributed by atoms with Crippen LogP contribution in [0.4, 0.5) is 5.69 Å². The molecule has 3 N–H and O–H groups in total. The van der Waals surface area contributed by atoms with Gasteiger partial charge in [0, 0.05) is 24.7 Å². The van der Waals surface area contributed by atoms with Crippen molar-refractivity contribution >= 4 is 23.1 Å². The lowest BCUT2D eigenvalue weighted by Gasteiger charge is -2.29. The summed E-state index contributed by atoms with van der Waals surface area (Å²) in [6, 6.07) is 6.14. The molecule has 0 aliphatic carbocycles. The van der Waals surface area contributed by atoms with Gasteiger partial charge >= 0.3 is 0 Å². The van der Waals surface area contributed by atoms with Gasteiger partial charge in [-0.25, -0.2) is 0 Å². The van der Waals surface area contributed by atoms with Crippen LogP contribution in [0.1, 0.15) is 18.4 Å². The Kier molecular flexibility index (Phi) is 4.32. The van der Waals surface area contributed by atoms with E-state index in [0.717, 1.165) is 18.8 Å². The minimum atomic E-state index is 0.0553. The summed E-state index contributed by atoms with van der Waals surface area (Å²) in [6.45, 7) is 2.07. The molecule has 0 spiro atoms.